The number of carbonyl (C=O) groups is 1. The fourth-order valence-electron chi connectivity index (χ4n) is 4.29. The lowest BCUT2D eigenvalue weighted by Crippen LogP contribution is -2.33. The summed E-state index contributed by atoms with van der Waals surface area (Å²) >= 11 is 0. The van der Waals surface area contributed by atoms with Crippen molar-refractivity contribution in [3.8, 4) is 0 Å². The Labute approximate surface area is 130 Å². The van der Waals surface area contributed by atoms with E-state index in [1.807, 2.05) is 11.0 Å². The standard InChI is InChI=1S/C18H22N2O2/c1-11-5-6-13-9-20(10-14(13)7-11)18(22)15-8-12-3-2-4-16(12)19-17(15)21/h5,8,13-14H,2-4,6-7,9-10H2,1H3,(H,19,21)/t13-,14+/m0/s1. The Hall–Kier alpha value is -1.84. The summed E-state index contributed by atoms with van der Waals surface area (Å²) in [5.74, 6) is 1.06. The summed E-state index contributed by atoms with van der Waals surface area (Å²) in [4.78, 5) is 29.8. The molecule has 0 radical (unpaired) electrons. The lowest BCUT2D eigenvalue weighted by atomic mass is 9.83. The summed E-state index contributed by atoms with van der Waals surface area (Å²) in [5, 5.41) is 0. The average molecular weight is 298 g/mol. The Kier molecular flexibility index (Phi) is 3.21. The molecule has 116 valence electrons. The Bertz CT molecular complexity index is 716. The summed E-state index contributed by atoms with van der Waals surface area (Å²) in [6.45, 7) is 3.76. The van der Waals surface area contributed by atoms with Crippen LogP contribution in [0.1, 0.15) is 47.8 Å². The highest BCUT2D eigenvalue weighted by atomic mass is 16.2. The lowest BCUT2D eigenvalue weighted by molar-refractivity contribution is 0.0782. The van der Waals surface area contributed by atoms with Crippen LogP contribution in [0.2, 0.25) is 0 Å². The number of amides is 1. The molecule has 1 aromatic heterocycles. The quantitative estimate of drug-likeness (QED) is 0.809. The van der Waals surface area contributed by atoms with Gasteiger partial charge in [0.2, 0.25) is 0 Å². The van der Waals surface area contributed by atoms with Crippen LogP contribution < -0.4 is 5.56 Å². The number of aryl methyl sites for hydroxylation is 2. The molecule has 1 aliphatic heterocycles. The van der Waals surface area contributed by atoms with E-state index in [9.17, 15) is 9.59 Å². The zero-order valence-electron chi connectivity index (χ0n) is 13.0. The van der Waals surface area contributed by atoms with E-state index in [0.29, 0.717) is 17.4 Å². The lowest BCUT2D eigenvalue weighted by Gasteiger charge is -2.21. The van der Waals surface area contributed by atoms with Gasteiger partial charge in [0.25, 0.3) is 11.5 Å². The minimum absolute atomic E-state index is 0.0806. The summed E-state index contributed by atoms with van der Waals surface area (Å²) in [7, 11) is 0. The van der Waals surface area contributed by atoms with Crippen molar-refractivity contribution in [2.75, 3.05) is 13.1 Å². The summed E-state index contributed by atoms with van der Waals surface area (Å²) in [6, 6.07) is 1.84. The minimum atomic E-state index is -0.213. The number of hydrogen-bond acceptors (Lipinski definition) is 2. The maximum atomic E-state index is 12.8. The summed E-state index contributed by atoms with van der Waals surface area (Å²) in [6.07, 6.45) is 7.44. The van der Waals surface area contributed by atoms with Crippen LogP contribution in [0.5, 0.6) is 0 Å². The van der Waals surface area contributed by atoms with E-state index in [0.717, 1.165) is 56.5 Å². The third-order valence-electron chi connectivity index (χ3n) is 5.54. The van der Waals surface area contributed by atoms with E-state index < -0.39 is 0 Å². The van der Waals surface area contributed by atoms with Crippen molar-refractivity contribution in [3.05, 3.63) is 44.9 Å². The Balaban J connectivity index is 1.57. The smallest absolute Gasteiger partial charge is 0.261 e. The number of carbonyl (C=O) groups excluding carboxylic acids is 1. The molecule has 3 aliphatic rings. The molecule has 0 bridgehead atoms. The number of fused-ring (bicyclic) bond motifs is 2. The number of aromatic amines is 1. The van der Waals surface area contributed by atoms with Crippen molar-refractivity contribution in [1.29, 1.82) is 0 Å². The average Bonchev–Trinajstić information content (AvgIpc) is 3.10. The highest BCUT2D eigenvalue weighted by Crippen LogP contribution is 2.36. The molecule has 2 atom stereocenters. The Morgan fingerprint density at radius 3 is 2.95 bits per heavy atom. The normalized spacial score (nSPS) is 26.6. The molecule has 1 aromatic rings. The zero-order valence-corrected chi connectivity index (χ0v) is 13.0. The second kappa shape index (κ2) is 5.11. The summed E-state index contributed by atoms with van der Waals surface area (Å²) in [5.41, 5.74) is 3.73. The van der Waals surface area contributed by atoms with E-state index in [1.54, 1.807) is 0 Å². The van der Waals surface area contributed by atoms with Crippen molar-refractivity contribution in [2.24, 2.45) is 11.8 Å². The van der Waals surface area contributed by atoms with Crippen LogP contribution in [0.3, 0.4) is 0 Å². The van der Waals surface area contributed by atoms with E-state index in [2.05, 4.69) is 18.0 Å². The number of nitrogens with zero attached hydrogens (tertiary/aromatic N) is 1. The van der Waals surface area contributed by atoms with Crippen LogP contribution in [0.15, 0.2) is 22.5 Å². The molecule has 1 amide bonds. The maximum absolute atomic E-state index is 12.8. The molecule has 2 heterocycles. The van der Waals surface area contributed by atoms with Crippen LogP contribution in [0.25, 0.3) is 0 Å². The number of rotatable bonds is 1. The molecule has 1 fully saturated rings. The van der Waals surface area contributed by atoms with Gasteiger partial charge >= 0.3 is 0 Å². The largest absolute Gasteiger partial charge is 0.338 e. The van der Waals surface area contributed by atoms with Gasteiger partial charge in [0.15, 0.2) is 0 Å². The molecule has 0 spiro atoms. The number of allylic oxidation sites excluding steroid dienone is 2. The van der Waals surface area contributed by atoms with Crippen LogP contribution in [-0.4, -0.2) is 28.9 Å². The van der Waals surface area contributed by atoms with E-state index in [-0.39, 0.29) is 11.5 Å². The number of aromatic nitrogens is 1. The minimum Gasteiger partial charge on any atom is -0.338 e. The predicted molar refractivity (Wildman–Crippen MR) is 85.0 cm³/mol. The SMILES string of the molecule is CC1=CC[C@H]2CN(C(=O)c3cc4c([nH]c3=O)CCC4)C[C@H]2C1. The molecule has 22 heavy (non-hydrogen) atoms. The molecule has 0 saturated carbocycles. The Morgan fingerprint density at radius 2 is 2.09 bits per heavy atom. The molecular weight excluding hydrogens is 276 g/mol. The number of H-pyrrole nitrogens is 1. The highest BCUT2D eigenvalue weighted by Gasteiger charge is 2.37. The van der Waals surface area contributed by atoms with Crippen molar-refractivity contribution >= 4 is 5.91 Å². The fraction of sp³-hybridized carbons (Fsp3) is 0.556. The van der Waals surface area contributed by atoms with Gasteiger partial charge in [0, 0.05) is 18.8 Å². The van der Waals surface area contributed by atoms with Gasteiger partial charge in [-0.25, -0.2) is 0 Å². The second-order valence-corrected chi connectivity index (χ2v) is 7.09. The monoisotopic (exact) mass is 298 g/mol. The molecule has 2 aliphatic carbocycles. The zero-order chi connectivity index (χ0) is 15.3. The van der Waals surface area contributed by atoms with Gasteiger partial charge in [-0.1, -0.05) is 11.6 Å². The van der Waals surface area contributed by atoms with Crippen LogP contribution >= 0.6 is 0 Å². The predicted octanol–water partition coefficient (Wildman–Crippen LogP) is 2.29. The first-order chi connectivity index (χ1) is 10.6. The van der Waals surface area contributed by atoms with Gasteiger partial charge in [-0.15, -0.1) is 0 Å². The molecule has 4 rings (SSSR count). The number of nitrogens with one attached hydrogen (secondary N) is 1. The third-order valence-corrected chi connectivity index (χ3v) is 5.54. The summed E-state index contributed by atoms with van der Waals surface area (Å²) < 4.78 is 0. The number of hydrogen-bond donors (Lipinski definition) is 1. The third kappa shape index (κ3) is 2.21. The van der Waals surface area contributed by atoms with Gasteiger partial charge in [-0.05, 0) is 62.5 Å². The molecule has 1 N–H and O–H groups in total. The van der Waals surface area contributed by atoms with Gasteiger partial charge in [0.05, 0.1) is 0 Å². The fourth-order valence-corrected chi connectivity index (χ4v) is 4.29. The molecule has 4 heteroatoms. The van der Waals surface area contributed by atoms with Crippen LogP contribution in [-0.2, 0) is 12.8 Å². The Morgan fingerprint density at radius 1 is 1.27 bits per heavy atom. The van der Waals surface area contributed by atoms with Crippen molar-refractivity contribution < 1.29 is 4.79 Å². The number of likely N-dealkylation sites (tertiary alicyclic amines) is 1. The van der Waals surface area contributed by atoms with E-state index >= 15 is 0 Å². The van der Waals surface area contributed by atoms with Gasteiger partial charge in [0.1, 0.15) is 5.56 Å². The van der Waals surface area contributed by atoms with Gasteiger partial charge in [-0.3, -0.25) is 9.59 Å². The van der Waals surface area contributed by atoms with Crippen LogP contribution in [0, 0.1) is 11.8 Å². The first-order valence-corrected chi connectivity index (χ1v) is 8.32. The van der Waals surface area contributed by atoms with Crippen molar-refractivity contribution in [1.82, 2.24) is 9.88 Å². The number of pyridine rings is 1. The van der Waals surface area contributed by atoms with Gasteiger partial charge < -0.3 is 9.88 Å². The van der Waals surface area contributed by atoms with Crippen LogP contribution in [0.4, 0.5) is 0 Å². The second-order valence-electron chi connectivity index (χ2n) is 7.09. The van der Waals surface area contributed by atoms with Crippen molar-refractivity contribution in [2.45, 2.75) is 39.0 Å². The highest BCUT2D eigenvalue weighted by molar-refractivity contribution is 5.94. The molecule has 1 saturated heterocycles. The molecule has 4 nitrogen and oxygen atoms in total. The topological polar surface area (TPSA) is 53.2 Å². The van der Waals surface area contributed by atoms with Crippen molar-refractivity contribution in [3.63, 3.8) is 0 Å². The first-order valence-electron chi connectivity index (χ1n) is 8.32. The van der Waals surface area contributed by atoms with E-state index in [4.69, 9.17) is 0 Å². The molecule has 0 aromatic carbocycles. The molecule has 0 unspecified atom stereocenters. The van der Waals surface area contributed by atoms with Gasteiger partial charge in [-0.2, -0.15) is 0 Å². The molecular formula is C18H22N2O2. The maximum Gasteiger partial charge on any atom is 0.261 e. The first kappa shape index (κ1) is 13.8. The van der Waals surface area contributed by atoms with E-state index in [1.165, 1.54) is 5.57 Å².